The number of carbonyl (C=O) groups is 1. The van der Waals surface area contributed by atoms with Gasteiger partial charge in [-0.1, -0.05) is 49.3 Å². The fourth-order valence-corrected chi connectivity index (χ4v) is 5.63. The van der Waals surface area contributed by atoms with E-state index in [-0.39, 0.29) is 5.56 Å². The van der Waals surface area contributed by atoms with Gasteiger partial charge in [-0.15, -0.1) is 11.3 Å². The predicted octanol–water partition coefficient (Wildman–Crippen LogP) is 4.04. The minimum atomic E-state index is -0.547. The summed E-state index contributed by atoms with van der Waals surface area (Å²) in [6, 6.07) is 11.0. The summed E-state index contributed by atoms with van der Waals surface area (Å²) in [5.41, 5.74) is 1.68. The van der Waals surface area contributed by atoms with Crippen molar-refractivity contribution in [1.29, 1.82) is 0 Å². The van der Waals surface area contributed by atoms with Crippen LogP contribution in [0.15, 0.2) is 62.8 Å². The van der Waals surface area contributed by atoms with Crippen molar-refractivity contribution >= 4 is 34.7 Å². The first-order valence-electron chi connectivity index (χ1n) is 10.9. The molecule has 1 unspecified atom stereocenters. The lowest BCUT2D eigenvalue weighted by atomic mass is 10.0. The molecule has 0 radical (unpaired) electrons. The number of thiazole rings is 1. The average Bonchev–Trinajstić information content (AvgIpc) is 3.45. The summed E-state index contributed by atoms with van der Waals surface area (Å²) in [6.07, 6.45) is 5.21. The van der Waals surface area contributed by atoms with Crippen LogP contribution in [0.3, 0.4) is 0 Å². The van der Waals surface area contributed by atoms with E-state index in [9.17, 15) is 9.59 Å². The first kappa shape index (κ1) is 23.2. The summed E-state index contributed by atoms with van der Waals surface area (Å²) in [5.74, 6) is 0.346. The first-order chi connectivity index (χ1) is 16.0. The molecule has 33 heavy (non-hydrogen) atoms. The Morgan fingerprint density at radius 2 is 2.00 bits per heavy atom. The molecule has 0 saturated carbocycles. The molecular formula is C25H26N2O4S2. The zero-order chi connectivity index (χ0) is 23.4. The SMILES string of the molecule is CCCCCOc1ccc(/C=c2\sc3n(c2=O)C(c2cccs2)C(C(=O)OC)=C(C)N=3)cc1. The second kappa shape index (κ2) is 10.3. The van der Waals surface area contributed by atoms with Crippen molar-refractivity contribution in [3.8, 4) is 5.75 Å². The van der Waals surface area contributed by atoms with Crippen molar-refractivity contribution in [3.63, 3.8) is 0 Å². The van der Waals surface area contributed by atoms with Crippen LogP contribution in [0.5, 0.6) is 5.75 Å². The van der Waals surface area contributed by atoms with Gasteiger partial charge >= 0.3 is 5.97 Å². The molecule has 1 aromatic carbocycles. The van der Waals surface area contributed by atoms with Crippen molar-refractivity contribution in [3.05, 3.63) is 83.2 Å². The Bertz CT molecular complexity index is 1330. The van der Waals surface area contributed by atoms with E-state index in [0.717, 1.165) is 35.5 Å². The second-order valence-electron chi connectivity index (χ2n) is 7.71. The van der Waals surface area contributed by atoms with E-state index in [4.69, 9.17) is 9.47 Å². The van der Waals surface area contributed by atoms with Gasteiger partial charge in [-0.25, -0.2) is 9.79 Å². The molecule has 172 valence electrons. The van der Waals surface area contributed by atoms with Crippen LogP contribution in [0, 0.1) is 0 Å². The van der Waals surface area contributed by atoms with E-state index in [1.807, 2.05) is 47.9 Å². The summed E-state index contributed by atoms with van der Waals surface area (Å²) in [6.45, 7) is 4.65. The number of esters is 1. The monoisotopic (exact) mass is 482 g/mol. The minimum absolute atomic E-state index is 0.175. The molecule has 0 aliphatic carbocycles. The Morgan fingerprint density at radius 3 is 2.67 bits per heavy atom. The van der Waals surface area contributed by atoms with Gasteiger partial charge in [0.15, 0.2) is 4.80 Å². The van der Waals surface area contributed by atoms with E-state index in [1.165, 1.54) is 29.8 Å². The summed E-state index contributed by atoms with van der Waals surface area (Å²) in [4.78, 5) is 32.1. The lowest BCUT2D eigenvalue weighted by molar-refractivity contribution is -0.136. The van der Waals surface area contributed by atoms with Crippen LogP contribution in [0.25, 0.3) is 6.08 Å². The molecule has 0 amide bonds. The number of carbonyl (C=O) groups excluding carboxylic acids is 1. The molecule has 1 atom stereocenters. The van der Waals surface area contributed by atoms with Gasteiger partial charge in [0.25, 0.3) is 5.56 Å². The molecule has 0 bridgehead atoms. The number of allylic oxidation sites excluding steroid dienone is 1. The molecule has 2 aromatic heterocycles. The quantitative estimate of drug-likeness (QED) is 0.359. The molecule has 8 heteroatoms. The van der Waals surface area contributed by atoms with Crippen molar-refractivity contribution < 1.29 is 14.3 Å². The van der Waals surface area contributed by atoms with Crippen molar-refractivity contribution in [1.82, 2.24) is 4.57 Å². The summed E-state index contributed by atoms with van der Waals surface area (Å²) >= 11 is 2.82. The third kappa shape index (κ3) is 4.86. The molecule has 3 aromatic rings. The van der Waals surface area contributed by atoms with Crippen LogP contribution in [-0.4, -0.2) is 24.3 Å². The minimum Gasteiger partial charge on any atom is -0.494 e. The van der Waals surface area contributed by atoms with E-state index in [1.54, 1.807) is 11.5 Å². The van der Waals surface area contributed by atoms with Gasteiger partial charge in [0.05, 0.1) is 29.5 Å². The summed E-state index contributed by atoms with van der Waals surface area (Å²) in [7, 11) is 1.34. The molecule has 3 heterocycles. The number of hydrogen-bond donors (Lipinski definition) is 0. The van der Waals surface area contributed by atoms with Gasteiger partial charge in [-0.3, -0.25) is 9.36 Å². The molecule has 1 aliphatic rings. The Labute approximate surface area is 200 Å². The molecule has 6 nitrogen and oxygen atoms in total. The molecular weight excluding hydrogens is 456 g/mol. The van der Waals surface area contributed by atoms with E-state index >= 15 is 0 Å². The van der Waals surface area contributed by atoms with Crippen molar-refractivity contribution in [2.45, 2.75) is 39.2 Å². The molecule has 4 rings (SSSR count). The standard InChI is InChI=1S/C25H26N2O4S2/c1-4-5-6-13-31-18-11-9-17(10-12-18)15-20-23(28)27-22(19-8-7-14-32-19)21(24(29)30-3)16(2)26-25(27)33-20/h7-12,14-15,22H,4-6,13H2,1-3H3/b20-15-. The molecule has 0 N–H and O–H groups in total. The van der Waals surface area contributed by atoms with Gasteiger partial charge in [-0.2, -0.15) is 0 Å². The molecule has 0 saturated heterocycles. The number of methoxy groups -OCH3 is 1. The van der Waals surface area contributed by atoms with Crippen LogP contribution >= 0.6 is 22.7 Å². The predicted molar refractivity (Wildman–Crippen MR) is 132 cm³/mol. The maximum absolute atomic E-state index is 13.4. The molecule has 1 aliphatic heterocycles. The highest BCUT2D eigenvalue weighted by atomic mass is 32.1. The number of hydrogen-bond acceptors (Lipinski definition) is 7. The zero-order valence-corrected chi connectivity index (χ0v) is 20.5. The first-order valence-corrected chi connectivity index (χ1v) is 12.6. The second-order valence-corrected chi connectivity index (χ2v) is 9.70. The normalized spacial score (nSPS) is 15.8. The lowest BCUT2D eigenvalue weighted by Crippen LogP contribution is -2.39. The fourth-order valence-electron chi connectivity index (χ4n) is 3.76. The third-order valence-corrected chi connectivity index (χ3v) is 7.34. The highest BCUT2D eigenvalue weighted by Crippen LogP contribution is 2.32. The number of nitrogens with zero attached hydrogens (tertiary/aromatic N) is 2. The lowest BCUT2D eigenvalue weighted by Gasteiger charge is -2.22. The van der Waals surface area contributed by atoms with Crippen LogP contribution in [0.1, 0.15) is 49.6 Å². The maximum atomic E-state index is 13.4. The average molecular weight is 483 g/mol. The largest absolute Gasteiger partial charge is 0.494 e. The van der Waals surface area contributed by atoms with E-state index < -0.39 is 12.0 Å². The number of benzene rings is 1. The number of rotatable bonds is 8. The van der Waals surface area contributed by atoms with Crippen LogP contribution in [-0.2, 0) is 9.53 Å². The van der Waals surface area contributed by atoms with Gasteiger partial charge < -0.3 is 9.47 Å². The smallest absolute Gasteiger partial charge is 0.338 e. The number of ether oxygens (including phenoxy) is 2. The van der Waals surface area contributed by atoms with E-state index in [0.29, 0.717) is 27.2 Å². The summed E-state index contributed by atoms with van der Waals surface area (Å²) in [5, 5.41) is 1.93. The van der Waals surface area contributed by atoms with Gasteiger partial charge in [0.2, 0.25) is 0 Å². The zero-order valence-electron chi connectivity index (χ0n) is 18.9. The summed E-state index contributed by atoms with van der Waals surface area (Å²) < 4.78 is 13.0. The van der Waals surface area contributed by atoms with E-state index in [2.05, 4.69) is 11.9 Å². The molecule has 0 fully saturated rings. The highest BCUT2D eigenvalue weighted by Gasteiger charge is 2.33. The van der Waals surface area contributed by atoms with Gasteiger partial charge in [0.1, 0.15) is 11.8 Å². The molecule has 0 spiro atoms. The number of aromatic nitrogens is 1. The fraction of sp³-hybridized carbons (Fsp3) is 0.320. The van der Waals surface area contributed by atoms with Gasteiger partial charge in [0, 0.05) is 4.88 Å². The topological polar surface area (TPSA) is 69.9 Å². The number of thiophene rings is 1. The Balaban J connectivity index is 1.71. The van der Waals surface area contributed by atoms with Crippen LogP contribution < -0.4 is 19.6 Å². The Morgan fingerprint density at radius 1 is 1.21 bits per heavy atom. The van der Waals surface area contributed by atoms with Gasteiger partial charge in [-0.05, 0) is 48.6 Å². The van der Waals surface area contributed by atoms with Crippen LogP contribution in [0.2, 0.25) is 0 Å². The maximum Gasteiger partial charge on any atom is 0.338 e. The van der Waals surface area contributed by atoms with Crippen molar-refractivity contribution in [2.24, 2.45) is 4.99 Å². The number of unbranched alkanes of at least 4 members (excludes halogenated alkanes) is 2. The Hall–Kier alpha value is -2.97. The van der Waals surface area contributed by atoms with Crippen molar-refractivity contribution in [2.75, 3.05) is 13.7 Å². The highest BCUT2D eigenvalue weighted by molar-refractivity contribution is 7.10. The third-order valence-electron chi connectivity index (χ3n) is 5.43. The Kier molecular flexibility index (Phi) is 7.25. The van der Waals surface area contributed by atoms with Crippen LogP contribution in [0.4, 0.5) is 0 Å². The number of fused-ring (bicyclic) bond motifs is 1.